The van der Waals surface area contributed by atoms with E-state index in [1.165, 1.54) is 0 Å². The molecule has 0 aliphatic rings. The fourth-order valence-electron chi connectivity index (χ4n) is 1.52. The Morgan fingerprint density at radius 1 is 1.36 bits per heavy atom. The standard InChI is InChI=1S/C11H14N2O/c1-7(2)14-11-5-4-10-9(8(11)3)6-12-13-10/h4-7H,1-3H3,(H,12,13). The molecule has 0 bridgehead atoms. The van der Waals surface area contributed by atoms with Crippen molar-refractivity contribution >= 4 is 10.9 Å². The maximum atomic E-state index is 5.68. The first-order chi connectivity index (χ1) is 6.68. The lowest BCUT2D eigenvalue weighted by molar-refractivity contribution is 0.241. The molecule has 0 unspecified atom stereocenters. The first kappa shape index (κ1) is 9.06. The van der Waals surface area contributed by atoms with Gasteiger partial charge < -0.3 is 4.74 Å². The Labute approximate surface area is 83.1 Å². The molecule has 1 aromatic heterocycles. The van der Waals surface area contributed by atoms with E-state index in [-0.39, 0.29) is 6.10 Å². The number of aryl methyl sites for hydroxylation is 1. The maximum Gasteiger partial charge on any atom is 0.123 e. The minimum Gasteiger partial charge on any atom is -0.491 e. The highest BCUT2D eigenvalue weighted by Crippen LogP contribution is 2.26. The van der Waals surface area contributed by atoms with Crippen LogP contribution in [0.3, 0.4) is 0 Å². The SMILES string of the molecule is Cc1c(OC(C)C)ccc2[nH]ncc12. The van der Waals surface area contributed by atoms with E-state index < -0.39 is 0 Å². The zero-order chi connectivity index (χ0) is 10.1. The van der Waals surface area contributed by atoms with Crippen molar-refractivity contribution in [3.8, 4) is 5.75 Å². The Bertz CT molecular complexity index is 445. The molecular weight excluding hydrogens is 176 g/mol. The number of nitrogens with one attached hydrogen (secondary N) is 1. The third-order valence-electron chi connectivity index (χ3n) is 2.21. The molecule has 0 aliphatic carbocycles. The summed E-state index contributed by atoms with van der Waals surface area (Å²) in [4.78, 5) is 0. The molecule has 0 atom stereocenters. The monoisotopic (exact) mass is 190 g/mol. The highest BCUT2D eigenvalue weighted by molar-refractivity contribution is 5.83. The summed E-state index contributed by atoms with van der Waals surface area (Å²) in [6.45, 7) is 6.10. The summed E-state index contributed by atoms with van der Waals surface area (Å²) in [5, 5.41) is 8.07. The van der Waals surface area contributed by atoms with E-state index in [9.17, 15) is 0 Å². The first-order valence-corrected chi connectivity index (χ1v) is 4.78. The second kappa shape index (κ2) is 3.33. The van der Waals surface area contributed by atoms with E-state index in [2.05, 4.69) is 17.1 Å². The van der Waals surface area contributed by atoms with Gasteiger partial charge >= 0.3 is 0 Å². The molecule has 3 heteroatoms. The van der Waals surface area contributed by atoms with E-state index in [1.54, 1.807) is 0 Å². The zero-order valence-electron chi connectivity index (χ0n) is 8.66. The second-order valence-electron chi connectivity index (χ2n) is 3.69. The number of fused-ring (bicyclic) bond motifs is 1. The third kappa shape index (κ3) is 1.45. The third-order valence-corrected chi connectivity index (χ3v) is 2.21. The van der Waals surface area contributed by atoms with Crippen molar-refractivity contribution < 1.29 is 4.74 Å². The average Bonchev–Trinajstić information content (AvgIpc) is 2.57. The summed E-state index contributed by atoms with van der Waals surface area (Å²) in [5.41, 5.74) is 2.20. The van der Waals surface area contributed by atoms with Crippen molar-refractivity contribution in [2.75, 3.05) is 0 Å². The van der Waals surface area contributed by atoms with E-state index >= 15 is 0 Å². The summed E-state index contributed by atoms with van der Waals surface area (Å²) in [6.07, 6.45) is 2.04. The van der Waals surface area contributed by atoms with Crippen molar-refractivity contribution in [2.45, 2.75) is 26.9 Å². The van der Waals surface area contributed by atoms with Gasteiger partial charge in [-0.3, -0.25) is 5.10 Å². The van der Waals surface area contributed by atoms with E-state index in [4.69, 9.17) is 4.74 Å². The van der Waals surface area contributed by atoms with Crippen LogP contribution in [0.5, 0.6) is 5.75 Å². The van der Waals surface area contributed by atoms with Gasteiger partial charge in [0, 0.05) is 10.9 Å². The minimum atomic E-state index is 0.207. The molecule has 2 aromatic rings. The van der Waals surface area contributed by atoms with Crippen LogP contribution in [0.2, 0.25) is 0 Å². The van der Waals surface area contributed by atoms with Crippen molar-refractivity contribution in [1.29, 1.82) is 0 Å². The Morgan fingerprint density at radius 2 is 2.14 bits per heavy atom. The molecule has 0 aliphatic heterocycles. The zero-order valence-corrected chi connectivity index (χ0v) is 8.66. The van der Waals surface area contributed by atoms with Crippen LogP contribution in [0, 0.1) is 6.92 Å². The van der Waals surface area contributed by atoms with Gasteiger partial charge in [-0.05, 0) is 32.9 Å². The van der Waals surface area contributed by atoms with Crippen molar-refractivity contribution in [1.82, 2.24) is 10.2 Å². The molecule has 0 amide bonds. The molecule has 0 radical (unpaired) electrons. The topological polar surface area (TPSA) is 37.9 Å². The van der Waals surface area contributed by atoms with Gasteiger partial charge in [0.25, 0.3) is 0 Å². The summed E-state index contributed by atoms with van der Waals surface area (Å²) in [5.74, 6) is 0.939. The Morgan fingerprint density at radius 3 is 2.86 bits per heavy atom. The fraction of sp³-hybridized carbons (Fsp3) is 0.364. The molecule has 74 valence electrons. The predicted octanol–water partition coefficient (Wildman–Crippen LogP) is 2.66. The highest BCUT2D eigenvalue weighted by Gasteiger charge is 2.06. The molecule has 0 fully saturated rings. The Hall–Kier alpha value is -1.51. The number of nitrogens with zero attached hydrogens (tertiary/aromatic N) is 1. The second-order valence-corrected chi connectivity index (χ2v) is 3.69. The quantitative estimate of drug-likeness (QED) is 0.790. The number of H-pyrrole nitrogens is 1. The lowest BCUT2D eigenvalue weighted by Crippen LogP contribution is -2.06. The summed E-state index contributed by atoms with van der Waals surface area (Å²) < 4.78 is 5.68. The average molecular weight is 190 g/mol. The largest absolute Gasteiger partial charge is 0.491 e. The molecule has 0 saturated heterocycles. The number of aromatic nitrogens is 2. The molecule has 1 N–H and O–H groups in total. The molecule has 1 aromatic carbocycles. The molecule has 0 spiro atoms. The van der Waals surface area contributed by atoms with Gasteiger partial charge in [-0.1, -0.05) is 0 Å². The van der Waals surface area contributed by atoms with E-state index in [1.807, 2.05) is 32.2 Å². The van der Waals surface area contributed by atoms with Crippen LogP contribution in [-0.4, -0.2) is 16.3 Å². The van der Waals surface area contributed by atoms with Crippen LogP contribution in [0.4, 0.5) is 0 Å². The van der Waals surface area contributed by atoms with Crippen LogP contribution >= 0.6 is 0 Å². The number of hydrogen-bond acceptors (Lipinski definition) is 2. The van der Waals surface area contributed by atoms with Crippen LogP contribution in [0.1, 0.15) is 19.4 Å². The van der Waals surface area contributed by atoms with Gasteiger partial charge in [0.05, 0.1) is 17.8 Å². The van der Waals surface area contributed by atoms with Crippen molar-refractivity contribution in [3.05, 3.63) is 23.9 Å². The molecular formula is C11H14N2O. The minimum absolute atomic E-state index is 0.207. The number of benzene rings is 1. The highest BCUT2D eigenvalue weighted by atomic mass is 16.5. The first-order valence-electron chi connectivity index (χ1n) is 4.78. The maximum absolute atomic E-state index is 5.68. The summed E-state index contributed by atoms with van der Waals surface area (Å²) >= 11 is 0. The van der Waals surface area contributed by atoms with Crippen LogP contribution in [0.15, 0.2) is 18.3 Å². The fourth-order valence-corrected chi connectivity index (χ4v) is 1.52. The lowest BCUT2D eigenvalue weighted by atomic mass is 10.1. The number of aromatic amines is 1. The van der Waals surface area contributed by atoms with Crippen LogP contribution in [0.25, 0.3) is 10.9 Å². The van der Waals surface area contributed by atoms with Gasteiger partial charge in [-0.2, -0.15) is 5.10 Å². The Kier molecular flexibility index (Phi) is 2.15. The lowest BCUT2D eigenvalue weighted by Gasteiger charge is -2.12. The molecule has 2 rings (SSSR count). The smallest absolute Gasteiger partial charge is 0.123 e. The normalized spacial score (nSPS) is 11.1. The number of ether oxygens (including phenoxy) is 1. The van der Waals surface area contributed by atoms with Gasteiger partial charge in [0.15, 0.2) is 0 Å². The van der Waals surface area contributed by atoms with Gasteiger partial charge in [-0.25, -0.2) is 0 Å². The van der Waals surface area contributed by atoms with Crippen LogP contribution < -0.4 is 4.74 Å². The number of hydrogen-bond donors (Lipinski definition) is 1. The molecule has 0 saturated carbocycles. The van der Waals surface area contributed by atoms with Crippen molar-refractivity contribution in [2.24, 2.45) is 0 Å². The van der Waals surface area contributed by atoms with E-state index in [0.717, 1.165) is 22.2 Å². The summed E-state index contributed by atoms with van der Waals surface area (Å²) in [7, 11) is 0. The molecule has 14 heavy (non-hydrogen) atoms. The van der Waals surface area contributed by atoms with Crippen LogP contribution in [-0.2, 0) is 0 Å². The summed E-state index contributed by atoms with van der Waals surface area (Å²) in [6, 6.07) is 3.98. The van der Waals surface area contributed by atoms with Gasteiger partial charge in [0.1, 0.15) is 5.75 Å². The molecule has 3 nitrogen and oxygen atoms in total. The number of rotatable bonds is 2. The Balaban J connectivity index is 2.51. The van der Waals surface area contributed by atoms with E-state index in [0.29, 0.717) is 0 Å². The predicted molar refractivity (Wildman–Crippen MR) is 56.6 cm³/mol. The molecule has 1 heterocycles. The van der Waals surface area contributed by atoms with Gasteiger partial charge in [-0.15, -0.1) is 0 Å². The van der Waals surface area contributed by atoms with Gasteiger partial charge in [0.2, 0.25) is 0 Å². The van der Waals surface area contributed by atoms with Crippen molar-refractivity contribution in [3.63, 3.8) is 0 Å².